The molecule has 0 aromatic carbocycles. The molecule has 11 atom stereocenters. The molecule has 0 radical (unpaired) electrons. The molecule has 51 heavy (non-hydrogen) atoms. The lowest BCUT2D eigenvalue weighted by molar-refractivity contribution is -0.172. The van der Waals surface area contributed by atoms with Crippen LogP contribution in [0, 0.1) is 53.8 Å². The molecule has 11 heteroatoms. The topological polar surface area (TPSA) is 139 Å². The van der Waals surface area contributed by atoms with Crippen LogP contribution in [-0.2, 0) is 38.2 Å². The number of carbonyl (C=O) groups is 6. The number of carbonyl (C=O) groups excluding carboxylic acids is 6. The number of Topliss-reactive ketones (excluding diaryl/α,β-unsaturated/α-hetero) is 1. The number of nitrogens with zero attached hydrogens (tertiary/aromatic N) is 2. The molecule has 2 heterocycles. The first-order valence-electron chi connectivity index (χ1n) is 19.2. The number of fused-ring (bicyclic) bond motifs is 1. The first-order chi connectivity index (χ1) is 24.0. The SMILES string of the molecule is C#CCCCC1OC(=O)C(C(C)CC)N(C)C(=O)C2CCCN2C(=O)C(C(C)CC)OC(=O)C(C(C)CC)C(C)C(=O)C(C(C)C)NC(=O)C1C. The van der Waals surface area contributed by atoms with Crippen molar-refractivity contribution in [1.29, 1.82) is 0 Å². The van der Waals surface area contributed by atoms with Crippen LogP contribution in [0.3, 0.4) is 0 Å². The van der Waals surface area contributed by atoms with Gasteiger partial charge in [0.05, 0.1) is 17.9 Å². The summed E-state index contributed by atoms with van der Waals surface area (Å²) in [4.78, 5) is 87.9. The van der Waals surface area contributed by atoms with Crippen molar-refractivity contribution in [2.75, 3.05) is 13.6 Å². The summed E-state index contributed by atoms with van der Waals surface area (Å²) in [5.41, 5.74) is 0. The van der Waals surface area contributed by atoms with E-state index in [0.29, 0.717) is 57.9 Å². The molecule has 1 N–H and O–H groups in total. The summed E-state index contributed by atoms with van der Waals surface area (Å²) in [5.74, 6) is -4.20. The van der Waals surface area contributed by atoms with Gasteiger partial charge < -0.3 is 24.6 Å². The summed E-state index contributed by atoms with van der Waals surface area (Å²) in [6.45, 7) is 18.6. The van der Waals surface area contributed by atoms with Crippen molar-refractivity contribution in [3.63, 3.8) is 0 Å². The first-order valence-corrected chi connectivity index (χ1v) is 19.2. The Labute approximate surface area is 306 Å². The van der Waals surface area contributed by atoms with E-state index in [2.05, 4.69) is 11.2 Å². The molecule has 0 aliphatic carbocycles. The van der Waals surface area contributed by atoms with Crippen LogP contribution in [0.2, 0.25) is 0 Å². The highest BCUT2D eigenvalue weighted by Crippen LogP contribution is 2.32. The molecule has 2 rings (SSSR count). The first kappa shape index (κ1) is 43.7. The van der Waals surface area contributed by atoms with Crippen LogP contribution < -0.4 is 5.32 Å². The van der Waals surface area contributed by atoms with Crippen LogP contribution in [0.4, 0.5) is 0 Å². The summed E-state index contributed by atoms with van der Waals surface area (Å²) in [5, 5.41) is 2.92. The van der Waals surface area contributed by atoms with Crippen molar-refractivity contribution in [1.82, 2.24) is 15.1 Å². The van der Waals surface area contributed by atoms with Gasteiger partial charge in [0, 0.05) is 31.8 Å². The lowest BCUT2D eigenvalue weighted by Crippen LogP contribution is -2.56. The largest absolute Gasteiger partial charge is 0.460 e. The molecule has 2 aliphatic heterocycles. The zero-order chi connectivity index (χ0) is 38.7. The quantitative estimate of drug-likeness (QED) is 0.186. The van der Waals surface area contributed by atoms with Gasteiger partial charge in [-0.2, -0.15) is 0 Å². The molecule has 3 amide bonds. The number of rotatable bonds is 10. The number of hydrogen-bond donors (Lipinski definition) is 1. The average molecular weight is 716 g/mol. The molecule has 288 valence electrons. The molecular weight excluding hydrogens is 650 g/mol. The Kier molecular flexibility index (Phi) is 17.1. The Morgan fingerprint density at radius 2 is 1.45 bits per heavy atom. The average Bonchev–Trinajstić information content (AvgIpc) is 3.60. The Hall–Kier alpha value is -3.42. The van der Waals surface area contributed by atoms with Crippen LogP contribution in [-0.4, -0.2) is 89.2 Å². The van der Waals surface area contributed by atoms with Gasteiger partial charge in [0.25, 0.3) is 5.91 Å². The highest BCUT2D eigenvalue weighted by atomic mass is 16.6. The maximum Gasteiger partial charge on any atom is 0.329 e. The third-order valence-electron chi connectivity index (χ3n) is 11.5. The smallest absolute Gasteiger partial charge is 0.329 e. The minimum atomic E-state index is -1.17. The number of ketones is 1. The molecule has 0 spiro atoms. The van der Waals surface area contributed by atoms with Crippen molar-refractivity contribution in [3.05, 3.63) is 0 Å². The lowest BCUT2D eigenvalue weighted by Gasteiger charge is -2.37. The summed E-state index contributed by atoms with van der Waals surface area (Å²) in [6.07, 6.45) is 7.30. The molecule has 0 aromatic heterocycles. The Bertz CT molecular complexity index is 1280. The fourth-order valence-electron chi connectivity index (χ4n) is 7.34. The molecule has 2 fully saturated rings. The van der Waals surface area contributed by atoms with E-state index >= 15 is 0 Å². The summed E-state index contributed by atoms with van der Waals surface area (Å²) < 4.78 is 12.2. The minimum absolute atomic E-state index is 0.270. The number of amides is 3. The van der Waals surface area contributed by atoms with E-state index in [1.165, 1.54) is 9.80 Å². The van der Waals surface area contributed by atoms with E-state index in [1.54, 1.807) is 20.9 Å². The maximum atomic E-state index is 14.3. The minimum Gasteiger partial charge on any atom is -0.460 e. The second kappa shape index (κ2) is 20.0. The fraction of sp³-hybridized carbons (Fsp3) is 0.800. The Morgan fingerprint density at radius 1 is 0.843 bits per heavy atom. The zero-order valence-corrected chi connectivity index (χ0v) is 33.0. The van der Waals surface area contributed by atoms with Crippen molar-refractivity contribution >= 4 is 35.4 Å². The van der Waals surface area contributed by atoms with E-state index in [0.717, 1.165) is 0 Å². The Morgan fingerprint density at radius 3 is 2.00 bits per heavy atom. The monoisotopic (exact) mass is 715 g/mol. The predicted octanol–water partition coefficient (Wildman–Crippen LogP) is 5.18. The molecule has 0 bridgehead atoms. The third kappa shape index (κ3) is 10.6. The predicted molar refractivity (Wildman–Crippen MR) is 196 cm³/mol. The molecule has 2 aliphatic rings. The molecule has 2 saturated heterocycles. The van der Waals surface area contributed by atoms with Crippen molar-refractivity contribution in [2.24, 2.45) is 41.4 Å². The maximum absolute atomic E-state index is 14.3. The van der Waals surface area contributed by atoms with Crippen LogP contribution >= 0.6 is 0 Å². The van der Waals surface area contributed by atoms with Crippen LogP contribution in [0.15, 0.2) is 0 Å². The van der Waals surface area contributed by atoms with Gasteiger partial charge in [-0.1, -0.05) is 82.1 Å². The van der Waals surface area contributed by atoms with Crippen LogP contribution in [0.1, 0.15) is 121 Å². The zero-order valence-electron chi connectivity index (χ0n) is 33.0. The molecule has 0 aromatic rings. The van der Waals surface area contributed by atoms with Gasteiger partial charge in [-0.05, 0) is 49.9 Å². The number of terminal acetylenes is 1. The standard InChI is InChI=1S/C40H65N3O8/c1-13-17-18-21-30-27(10)36(45)41-32(23(5)6)34(44)28(11)31(24(7)14-2)39(48)51-35(26(9)16-4)38(47)43-22-19-20-29(43)37(46)42(12)33(25(8)15-3)40(49)50-30/h1,23-33,35H,14-22H2,2-12H3,(H,41,45). The molecule has 11 unspecified atom stereocenters. The second-order valence-corrected chi connectivity index (χ2v) is 15.4. The van der Waals surface area contributed by atoms with Gasteiger partial charge in [-0.25, -0.2) is 4.79 Å². The van der Waals surface area contributed by atoms with Gasteiger partial charge in [0.15, 0.2) is 11.9 Å². The fourth-order valence-corrected chi connectivity index (χ4v) is 7.34. The number of ether oxygens (including phenoxy) is 2. The number of likely N-dealkylation sites (N-methyl/N-ethyl adjacent to an activating group) is 1. The number of cyclic esters (lactones) is 2. The highest BCUT2D eigenvalue weighted by molar-refractivity contribution is 5.96. The van der Waals surface area contributed by atoms with Gasteiger partial charge >= 0.3 is 11.9 Å². The number of unbranched alkanes of at least 4 members (excludes halogenated alkanes) is 1. The summed E-state index contributed by atoms with van der Waals surface area (Å²) in [6, 6.07) is -2.78. The number of esters is 2. The van der Waals surface area contributed by atoms with Gasteiger partial charge in [0.1, 0.15) is 18.2 Å². The van der Waals surface area contributed by atoms with E-state index in [-0.39, 0.29) is 29.5 Å². The molecule has 11 nitrogen and oxygen atoms in total. The van der Waals surface area contributed by atoms with Crippen molar-refractivity contribution in [3.8, 4) is 12.3 Å². The van der Waals surface area contributed by atoms with E-state index in [1.807, 2.05) is 55.4 Å². The van der Waals surface area contributed by atoms with E-state index in [4.69, 9.17) is 15.9 Å². The normalized spacial score (nSPS) is 31.0. The second-order valence-electron chi connectivity index (χ2n) is 15.4. The van der Waals surface area contributed by atoms with Crippen LogP contribution in [0.25, 0.3) is 0 Å². The molecular formula is C40H65N3O8. The summed E-state index contributed by atoms with van der Waals surface area (Å²) in [7, 11) is 1.55. The van der Waals surface area contributed by atoms with Crippen molar-refractivity contribution in [2.45, 2.75) is 151 Å². The third-order valence-corrected chi connectivity index (χ3v) is 11.5. The van der Waals surface area contributed by atoms with E-state index < -0.39 is 77.7 Å². The van der Waals surface area contributed by atoms with Crippen molar-refractivity contribution < 1.29 is 38.2 Å². The Balaban J connectivity index is 2.79. The lowest BCUT2D eigenvalue weighted by atomic mass is 9.76. The molecule has 0 saturated carbocycles. The van der Waals surface area contributed by atoms with Gasteiger partial charge in [-0.15, -0.1) is 12.3 Å². The van der Waals surface area contributed by atoms with E-state index in [9.17, 15) is 28.8 Å². The van der Waals surface area contributed by atoms with Crippen LogP contribution in [0.5, 0.6) is 0 Å². The number of hydrogen-bond acceptors (Lipinski definition) is 8. The number of nitrogens with one attached hydrogen (secondary N) is 1. The highest BCUT2D eigenvalue weighted by Gasteiger charge is 2.47. The van der Waals surface area contributed by atoms with Gasteiger partial charge in [0.2, 0.25) is 11.8 Å². The summed E-state index contributed by atoms with van der Waals surface area (Å²) >= 11 is 0. The van der Waals surface area contributed by atoms with Gasteiger partial charge in [-0.3, -0.25) is 24.0 Å².